The zero-order valence-electron chi connectivity index (χ0n) is 26.1. The second-order valence-corrected chi connectivity index (χ2v) is 11.1. The molecule has 0 spiro atoms. The number of anilines is 2. The lowest BCUT2D eigenvalue weighted by molar-refractivity contribution is 0.323. The Morgan fingerprint density at radius 3 is 2.20 bits per heavy atom. The molecule has 0 radical (unpaired) electrons. The molecule has 0 saturated heterocycles. The van der Waals surface area contributed by atoms with E-state index < -0.39 is 0 Å². The Bertz CT molecular complexity index is 1970. The molecule has 1 atom stereocenters. The van der Waals surface area contributed by atoms with E-state index in [1.54, 1.807) is 21.3 Å². The minimum absolute atomic E-state index is 0.355. The molecule has 3 heterocycles. The van der Waals surface area contributed by atoms with E-state index in [1.165, 1.54) is 5.56 Å². The summed E-state index contributed by atoms with van der Waals surface area (Å²) in [6.07, 6.45) is 0. The van der Waals surface area contributed by atoms with Gasteiger partial charge in [0.15, 0.2) is 29.0 Å². The van der Waals surface area contributed by atoms with E-state index in [0.29, 0.717) is 28.9 Å². The average molecular weight is 599 g/mol. The zero-order chi connectivity index (χ0) is 31.2. The van der Waals surface area contributed by atoms with Crippen LogP contribution in [0.25, 0.3) is 5.69 Å². The maximum Gasteiger partial charge on any atom is 0.203 e. The molecular weight excluding hydrogens is 564 g/mol. The van der Waals surface area contributed by atoms with Crippen molar-refractivity contribution >= 4 is 34.6 Å². The molecule has 45 heavy (non-hydrogen) atoms. The summed E-state index contributed by atoms with van der Waals surface area (Å²) in [5.41, 5.74) is 8.70. The van der Waals surface area contributed by atoms with Gasteiger partial charge in [0, 0.05) is 5.56 Å². The number of aliphatic imine (C=N–C) groups is 2. The molecule has 9 heteroatoms. The Kier molecular flexibility index (Phi) is 7.00. The van der Waals surface area contributed by atoms with Crippen LogP contribution in [0.3, 0.4) is 0 Å². The molecule has 0 amide bonds. The lowest BCUT2D eigenvalue weighted by Crippen LogP contribution is -2.48. The predicted octanol–water partition coefficient (Wildman–Crippen LogP) is 7.62. The van der Waals surface area contributed by atoms with Gasteiger partial charge in [0.1, 0.15) is 0 Å². The first-order valence-electron chi connectivity index (χ1n) is 14.8. The lowest BCUT2D eigenvalue weighted by atomic mass is 9.92. The van der Waals surface area contributed by atoms with Crippen molar-refractivity contribution < 1.29 is 14.2 Å². The fourth-order valence-electron chi connectivity index (χ4n) is 6.21. The van der Waals surface area contributed by atoms with Crippen LogP contribution in [-0.2, 0) is 0 Å². The molecule has 9 nitrogen and oxygen atoms in total. The van der Waals surface area contributed by atoms with Crippen LogP contribution in [0.5, 0.6) is 17.2 Å². The number of hydrogen-bond acceptors (Lipinski definition) is 7. The molecule has 0 bridgehead atoms. The summed E-state index contributed by atoms with van der Waals surface area (Å²) in [4.78, 5) is 12.8. The molecule has 1 N–H and O–H groups in total. The molecule has 0 aliphatic carbocycles. The monoisotopic (exact) mass is 598 g/mol. The summed E-state index contributed by atoms with van der Waals surface area (Å²) < 4.78 is 19.2. The van der Waals surface area contributed by atoms with Crippen molar-refractivity contribution in [3.63, 3.8) is 0 Å². The summed E-state index contributed by atoms with van der Waals surface area (Å²) in [6.45, 7) is 6.19. The summed E-state index contributed by atoms with van der Waals surface area (Å²) in [5.74, 6) is 3.72. The van der Waals surface area contributed by atoms with Gasteiger partial charge in [-0.1, -0.05) is 48.0 Å². The van der Waals surface area contributed by atoms with Crippen molar-refractivity contribution in [3.8, 4) is 22.9 Å². The molecule has 0 fully saturated rings. The zero-order valence-corrected chi connectivity index (χ0v) is 26.1. The summed E-state index contributed by atoms with van der Waals surface area (Å²) in [5, 5.41) is 8.64. The van der Waals surface area contributed by atoms with Crippen LogP contribution in [0.1, 0.15) is 34.0 Å². The minimum Gasteiger partial charge on any atom is -0.493 e. The average Bonchev–Trinajstić information content (AvgIpc) is 3.40. The molecule has 0 unspecified atom stereocenters. The highest BCUT2D eigenvalue weighted by Gasteiger charge is 2.42. The molecule has 4 aromatic carbocycles. The van der Waals surface area contributed by atoms with Crippen LogP contribution in [0.4, 0.5) is 22.9 Å². The van der Waals surface area contributed by atoms with Gasteiger partial charge in [0.25, 0.3) is 0 Å². The normalized spacial score (nSPS) is 15.9. The van der Waals surface area contributed by atoms with Gasteiger partial charge < -0.3 is 24.4 Å². The molecule has 1 aromatic heterocycles. The standard InChI is InChI=1S/C36H34N6O3/c1-21-16-17-26(22(2)18-21)37-34-36-39-35-31(23(3)40-42(35)25-12-8-7-9-13-25)32(41(36)28-15-11-10-14-27(28)38-34)24-19-29(43-4)33(45-6)30(20-24)44-5/h7-20,32H,1-6H3,(H,37,38)/t32-/m0/s1. The van der Waals surface area contributed by atoms with Crippen molar-refractivity contribution in [3.05, 3.63) is 113 Å². The van der Waals surface area contributed by atoms with E-state index in [0.717, 1.165) is 51.0 Å². The molecule has 226 valence electrons. The highest BCUT2D eigenvalue weighted by Crippen LogP contribution is 2.50. The van der Waals surface area contributed by atoms with Gasteiger partial charge >= 0.3 is 0 Å². The topological polar surface area (TPSA) is 85.5 Å². The molecule has 2 aliphatic heterocycles. The number of ether oxygens (including phenoxy) is 3. The van der Waals surface area contributed by atoms with Gasteiger partial charge in [0.2, 0.25) is 5.75 Å². The quantitative estimate of drug-likeness (QED) is 0.216. The number of rotatable bonds is 6. The Hall–Kier alpha value is -5.57. The Labute approximate surface area is 262 Å². The van der Waals surface area contributed by atoms with Crippen molar-refractivity contribution in [2.24, 2.45) is 9.98 Å². The van der Waals surface area contributed by atoms with Crippen LogP contribution >= 0.6 is 0 Å². The number of benzene rings is 4. The Balaban J connectivity index is 1.55. The lowest BCUT2D eigenvalue weighted by Gasteiger charge is -2.42. The van der Waals surface area contributed by atoms with Crippen molar-refractivity contribution in [2.75, 3.05) is 31.5 Å². The Morgan fingerprint density at radius 1 is 0.800 bits per heavy atom. The fraction of sp³-hybridized carbons (Fsp3) is 0.194. The van der Waals surface area contributed by atoms with E-state index >= 15 is 0 Å². The minimum atomic E-state index is -0.355. The van der Waals surface area contributed by atoms with Gasteiger partial charge in [-0.05, 0) is 74.4 Å². The van der Waals surface area contributed by atoms with E-state index in [2.05, 4.69) is 48.3 Å². The number of aryl methyl sites for hydroxylation is 3. The number of methoxy groups -OCH3 is 3. The highest BCUT2D eigenvalue weighted by molar-refractivity contribution is 6.52. The number of aromatic nitrogens is 2. The summed E-state index contributed by atoms with van der Waals surface area (Å²) in [6, 6.07) is 28.2. The molecule has 2 aliphatic rings. The number of nitrogens with one attached hydrogen (secondary N) is 1. The number of para-hydroxylation sites is 3. The van der Waals surface area contributed by atoms with Crippen molar-refractivity contribution in [1.29, 1.82) is 0 Å². The van der Waals surface area contributed by atoms with Crippen molar-refractivity contribution in [2.45, 2.75) is 26.8 Å². The Morgan fingerprint density at radius 2 is 1.51 bits per heavy atom. The van der Waals surface area contributed by atoms with Crippen LogP contribution < -0.4 is 24.4 Å². The van der Waals surface area contributed by atoms with Gasteiger partial charge in [-0.2, -0.15) is 5.10 Å². The third kappa shape index (κ3) is 4.68. The third-order valence-corrected chi connectivity index (χ3v) is 8.27. The largest absolute Gasteiger partial charge is 0.493 e. The van der Waals surface area contributed by atoms with Gasteiger partial charge in [-0.15, -0.1) is 0 Å². The second-order valence-electron chi connectivity index (χ2n) is 11.1. The predicted molar refractivity (Wildman–Crippen MR) is 179 cm³/mol. The van der Waals surface area contributed by atoms with Gasteiger partial charge in [-0.25, -0.2) is 14.7 Å². The maximum atomic E-state index is 5.82. The number of fused-ring (bicyclic) bond motifs is 4. The first kappa shape index (κ1) is 28.2. The summed E-state index contributed by atoms with van der Waals surface area (Å²) in [7, 11) is 4.88. The van der Waals surface area contributed by atoms with Crippen LogP contribution in [0.2, 0.25) is 0 Å². The maximum absolute atomic E-state index is 5.82. The first-order chi connectivity index (χ1) is 21.9. The fourth-order valence-corrected chi connectivity index (χ4v) is 6.21. The molecular formula is C36H34N6O3. The highest BCUT2D eigenvalue weighted by atomic mass is 16.5. The second kappa shape index (κ2) is 11.2. The van der Waals surface area contributed by atoms with Gasteiger partial charge in [0.05, 0.1) is 55.8 Å². The van der Waals surface area contributed by atoms with Crippen LogP contribution in [-0.4, -0.2) is 42.8 Å². The number of hydrogen-bond donors (Lipinski definition) is 1. The third-order valence-electron chi connectivity index (χ3n) is 8.27. The van der Waals surface area contributed by atoms with E-state index in [1.807, 2.05) is 72.3 Å². The smallest absolute Gasteiger partial charge is 0.203 e. The van der Waals surface area contributed by atoms with Crippen LogP contribution in [0.15, 0.2) is 94.9 Å². The van der Waals surface area contributed by atoms with Gasteiger partial charge in [-0.3, -0.25) is 0 Å². The van der Waals surface area contributed by atoms with E-state index in [9.17, 15) is 0 Å². The SMILES string of the molecule is COc1cc([C@H]2c3c(C)nn(-c4ccccc4)c3N=C3C(=Nc4ccc(C)cc4C)Nc4ccccc4N32)cc(OC)c1OC. The molecule has 5 aromatic rings. The van der Waals surface area contributed by atoms with E-state index in [-0.39, 0.29) is 6.04 Å². The van der Waals surface area contributed by atoms with E-state index in [4.69, 9.17) is 29.3 Å². The molecule has 0 saturated carbocycles. The van der Waals surface area contributed by atoms with Crippen molar-refractivity contribution in [1.82, 2.24) is 9.78 Å². The molecule has 7 rings (SSSR count). The number of amidine groups is 2. The van der Waals surface area contributed by atoms with Crippen LogP contribution in [0, 0.1) is 20.8 Å². The number of nitrogens with zero attached hydrogens (tertiary/aromatic N) is 5. The summed E-state index contributed by atoms with van der Waals surface area (Å²) >= 11 is 0. The first-order valence-corrected chi connectivity index (χ1v) is 14.8.